The van der Waals surface area contributed by atoms with Crippen molar-refractivity contribution in [3.63, 3.8) is 0 Å². The van der Waals surface area contributed by atoms with Gasteiger partial charge in [0.05, 0.1) is 31.4 Å². The Labute approximate surface area is 170 Å². The lowest BCUT2D eigenvalue weighted by Crippen LogP contribution is -2.47. The van der Waals surface area contributed by atoms with Gasteiger partial charge in [0.25, 0.3) is 0 Å². The van der Waals surface area contributed by atoms with Crippen molar-refractivity contribution < 1.29 is 26.3 Å². The number of hydrogen-bond acceptors (Lipinski definition) is 4. The number of sulfone groups is 1. The van der Waals surface area contributed by atoms with Crippen molar-refractivity contribution in [2.45, 2.75) is 44.8 Å². The fraction of sp³-hybridized carbons (Fsp3) is 0.933. The van der Waals surface area contributed by atoms with Crippen LogP contribution in [0.25, 0.3) is 0 Å². The van der Waals surface area contributed by atoms with Gasteiger partial charge in [-0.2, -0.15) is 13.2 Å². The minimum absolute atomic E-state index is 0. The zero-order valence-corrected chi connectivity index (χ0v) is 18.3. The third-order valence-corrected chi connectivity index (χ3v) is 4.83. The van der Waals surface area contributed by atoms with Crippen molar-refractivity contribution in [1.82, 2.24) is 10.6 Å². The van der Waals surface area contributed by atoms with Crippen LogP contribution in [0.15, 0.2) is 4.99 Å². The van der Waals surface area contributed by atoms with E-state index < -0.39 is 21.9 Å². The fourth-order valence-electron chi connectivity index (χ4n) is 2.67. The molecular weight excluding hydrogens is 486 g/mol. The van der Waals surface area contributed by atoms with Crippen LogP contribution < -0.4 is 10.6 Å². The summed E-state index contributed by atoms with van der Waals surface area (Å²) in [6.07, 6.45) is -1.55. The molecule has 11 heteroatoms. The first-order valence-corrected chi connectivity index (χ1v) is 10.5. The highest BCUT2D eigenvalue weighted by molar-refractivity contribution is 14.0. The average Bonchev–Trinajstić information content (AvgIpc) is 2.49. The normalized spacial score (nSPS) is 21.8. The van der Waals surface area contributed by atoms with Crippen LogP contribution >= 0.6 is 24.0 Å². The standard InChI is InChI=1S/C15H28F3N3O3S.HI/c1-3-19-14(20-7-8-24-9-10-25(2,22)23)21-13-6-4-5-12(11-13)15(16,17)18;/h12-13H,3-11H2,1-2H3,(H2,19,20,21);1H. The van der Waals surface area contributed by atoms with Crippen LogP contribution in [0.5, 0.6) is 0 Å². The summed E-state index contributed by atoms with van der Waals surface area (Å²) in [6.45, 7) is 3.13. The summed E-state index contributed by atoms with van der Waals surface area (Å²) in [4.78, 5) is 4.27. The maximum absolute atomic E-state index is 12.9. The van der Waals surface area contributed by atoms with Gasteiger partial charge in [0.2, 0.25) is 0 Å². The summed E-state index contributed by atoms with van der Waals surface area (Å²) in [5, 5.41) is 6.07. The molecule has 0 spiro atoms. The molecule has 2 N–H and O–H groups in total. The zero-order chi connectivity index (χ0) is 18.9. The van der Waals surface area contributed by atoms with Gasteiger partial charge in [-0.25, -0.2) is 8.42 Å². The number of rotatable bonds is 8. The monoisotopic (exact) mass is 515 g/mol. The maximum atomic E-state index is 12.9. The number of ether oxygens (including phenoxy) is 1. The van der Waals surface area contributed by atoms with E-state index in [9.17, 15) is 21.6 Å². The molecule has 1 rings (SSSR count). The molecule has 0 amide bonds. The molecule has 1 aliphatic rings. The van der Waals surface area contributed by atoms with Crippen LogP contribution in [0.2, 0.25) is 0 Å². The molecule has 0 aromatic carbocycles. The van der Waals surface area contributed by atoms with Crippen molar-refractivity contribution >= 4 is 39.8 Å². The molecule has 0 bridgehead atoms. The highest BCUT2D eigenvalue weighted by Crippen LogP contribution is 2.37. The van der Waals surface area contributed by atoms with Crippen LogP contribution in [-0.4, -0.2) is 64.9 Å². The molecule has 0 aromatic heterocycles. The topological polar surface area (TPSA) is 79.8 Å². The third-order valence-electron chi connectivity index (χ3n) is 3.93. The molecule has 2 atom stereocenters. The smallest absolute Gasteiger partial charge is 0.378 e. The molecular formula is C15H29F3IN3O3S. The molecule has 0 aliphatic heterocycles. The number of nitrogens with one attached hydrogen (secondary N) is 2. The Morgan fingerprint density at radius 3 is 2.54 bits per heavy atom. The van der Waals surface area contributed by atoms with E-state index in [1.54, 1.807) is 0 Å². The first kappa shape index (κ1) is 25.7. The van der Waals surface area contributed by atoms with Gasteiger partial charge in [0, 0.05) is 18.8 Å². The molecule has 0 saturated heterocycles. The van der Waals surface area contributed by atoms with Gasteiger partial charge >= 0.3 is 6.18 Å². The van der Waals surface area contributed by atoms with Crippen molar-refractivity contribution in [3.05, 3.63) is 0 Å². The van der Waals surface area contributed by atoms with Gasteiger partial charge in [0.15, 0.2) is 5.96 Å². The second kappa shape index (κ2) is 12.2. The molecule has 0 radical (unpaired) electrons. The van der Waals surface area contributed by atoms with E-state index in [0.29, 0.717) is 31.9 Å². The summed E-state index contributed by atoms with van der Waals surface area (Å²) in [5.41, 5.74) is 0. The molecule has 6 nitrogen and oxygen atoms in total. The minimum atomic E-state index is -4.15. The molecule has 0 heterocycles. The van der Waals surface area contributed by atoms with Gasteiger partial charge in [-0.15, -0.1) is 24.0 Å². The molecule has 0 aromatic rings. The Morgan fingerprint density at radius 1 is 1.27 bits per heavy atom. The van der Waals surface area contributed by atoms with Gasteiger partial charge in [0.1, 0.15) is 9.84 Å². The summed E-state index contributed by atoms with van der Waals surface area (Å²) in [5.74, 6) is -0.848. The Morgan fingerprint density at radius 2 is 1.96 bits per heavy atom. The van der Waals surface area contributed by atoms with Gasteiger partial charge in [-0.05, 0) is 26.2 Å². The quantitative estimate of drug-likeness (QED) is 0.225. The van der Waals surface area contributed by atoms with Crippen LogP contribution in [0.3, 0.4) is 0 Å². The Bertz CT molecular complexity index is 530. The summed E-state index contributed by atoms with van der Waals surface area (Å²) < 4.78 is 65.8. The minimum Gasteiger partial charge on any atom is -0.378 e. The number of guanidine groups is 1. The van der Waals surface area contributed by atoms with E-state index in [-0.39, 0.29) is 61.8 Å². The van der Waals surface area contributed by atoms with Crippen LogP contribution in [-0.2, 0) is 14.6 Å². The predicted octanol–water partition coefficient (Wildman–Crippen LogP) is 2.34. The van der Waals surface area contributed by atoms with E-state index in [1.807, 2.05) is 6.92 Å². The number of aliphatic imine (C=N–C) groups is 1. The lowest BCUT2D eigenvalue weighted by atomic mass is 9.85. The molecule has 26 heavy (non-hydrogen) atoms. The highest BCUT2D eigenvalue weighted by Gasteiger charge is 2.42. The number of hydrogen-bond donors (Lipinski definition) is 2. The second-order valence-corrected chi connectivity index (χ2v) is 8.51. The lowest BCUT2D eigenvalue weighted by molar-refractivity contribution is -0.183. The molecule has 1 fully saturated rings. The van der Waals surface area contributed by atoms with Crippen LogP contribution in [0.4, 0.5) is 13.2 Å². The first-order valence-electron chi connectivity index (χ1n) is 8.49. The van der Waals surface area contributed by atoms with Gasteiger partial charge in [-0.3, -0.25) is 4.99 Å². The fourth-order valence-corrected chi connectivity index (χ4v) is 3.09. The second-order valence-electron chi connectivity index (χ2n) is 6.25. The van der Waals surface area contributed by atoms with E-state index >= 15 is 0 Å². The Kier molecular flexibility index (Phi) is 12.1. The SMILES string of the molecule is CCNC(=NCCOCCS(C)(=O)=O)NC1CCCC(C(F)(F)F)C1.I. The highest BCUT2D eigenvalue weighted by atomic mass is 127. The summed E-state index contributed by atoms with van der Waals surface area (Å²) in [6, 6.07) is -0.260. The van der Waals surface area contributed by atoms with E-state index in [0.717, 1.165) is 6.26 Å². The average molecular weight is 515 g/mol. The van der Waals surface area contributed by atoms with Crippen molar-refractivity contribution in [1.29, 1.82) is 0 Å². The van der Waals surface area contributed by atoms with E-state index in [2.05, 4.69) is 15.6 Å². The van der Waals surface area contributed by atoms with Crippen molar-refractivity contribution in [3.8, 4) is 0 Å². The maximum Gasteiger partial charge on any atom is 0.391 e. The van der Waals surface area contributed by atoms with Gasteiger partial charge < -0.3 is 15.4 Å². The molecule has 1 saturated carbocycles. The Balaban J connectivity index is 0.00000625. The molecule has 156 valence electrons. The van der Waals surface area contributed by atoms with Crippen LogP contribution in [0.1, 0.15) is 32.6 Å². The van der Waals surface area contributed by atoms with Gasteiger partial charge in [-0.1, -0.05) is 6.42 Å². The third kappa shape index (κ3) is 11.4. The molecule has 1 aliphatic carbocycles. The largest absolute Gasteiger partial charge is 0.391 e. The number of nitrogens with zero attached hydrogens (tertiary/aromatic N) is 1. The van der Waals surface area contributed by atoms with E-state index in [4.69, 9.17) is 4.74 Å². The molecule has 2 unspecified atom stereocenters. The van der Waals surface area contributed by atoms with Crippen molar-refractivity contribution in [2.24, 2.45) is 10.9 Å². The van der Waals surface area contributed by atoms with Crippen molar-refractivity contribution in [2.75, 3.05) is 38.3 Å². The predicted molar refractivity (Wildman–Crippen MR) is 107 cm³/mol. The first-order chi connectivity index (χ1) is 11.6. The summed E-state index contributed by atoms with van der Waals surface area (Å²) >= 11 is 0. The summed E-state index contributed by atoms with van der Waals surface area (Å²) in [7, 11) is -3.05. The Hall–Kier alpha value is -0.300. The number of alkyl halides is 3. The number of halogens is 4. The lowest BCUT2D eigenvalue weighted by Gasteiger charge is -2.31. The zero-order valence-electron chi connectivity index (χ0n) is 15.1. The van der Waals surface area contributed by atoms with Crippen LogP contribution in [0, 0.1) is 5.92 Å². The van der Waals surface area contributed by atoms with E-state index in [1.165, 1.54) is 0 Å².